The summed E-state index contributed by atoms with van der Waals surface area (Å²) in [5, 5.41) is 6.83. The molecule has 1 heterocycles. The molecule has 1 saturated carbocycles. The third kappa shape index (κ3) is 12.4. The van der Waals surface area contributed by atoms with Gasteiger partial charge in [0.2, 0.25) is 0 Å². The minimum atomic E-state index is 0. The minimum Gasteiger partial charge on any atom is -0.381 e. The van der Waals surface area contributed by atoms with Gasteiger partial charge in [-0.1, -0.05) is 19.3 Å². The van der Waals surface area contributed by atoms with Gasteiger partial charge in [-0.3, -0.25) is 4.99 Å². The molecule has 0 aromatic carbocycles. The predicted molar refractivity (Wildman–Crippen MR) is 132 cm³/mol. The van der Waals surface area contributed by atoms with Gasteiger partial charge in [0.1, 0.15) is 0 Å². The van der Waals surface area contributed by atoms with Crippen LogP contribution in [0.15, 0.2) is 4.99 Å². The normalized spacial score (nSPS) is 19.2. The average molecular weight is 525 g/mol. The molecule has 0 spiro atoms. The SMILES string of the molecule is CCNC(=NCCCOCC1CCOCC1)NCCCN(C)C1CCCCC1.I. The van der Waals surface area contributed by atoms with Gasteiger partial charge in [-0.05, 0) is 65.0 Å². The van der Waals surface area contributed by atoms with Gasteiger partial charge in [-0.15, -0.1) is 24.0 Å². The van der Waals surface area contributed by atoms with E-state index in [1.54, 1.807) is 0 Å². The fraction of sp³-hybridized carbons (Fsp3) is 0.955. The Hall–Kier alpha value is -0.120. The zero-order chi connectivity index (χ0) is 19.9. The fourth-order valence-electron chi connectivity index (χ4n) is 4.10. The second-order valence-electron chi connectivity index (χ2n) is 8.30. The Labute approximate surface area is 196 Å². The van der Waals surface area contributed by atoms with E-state index in [4.69, 9.17) is 9.47 Å². The minimum absolute atomic E-state index is 0. The van der Waals surface area contributed by atoms with Crippen LogP contribution in [-0.2, 0) is 9.47 Å². The number of guanidine groups is 1. The molecule has 0 radical (unpaired) electrons. The Kier molecular flexibility index (Phi) is 16.3. The van der Waals surface area contributed by atoms with Crippen LogP contribution in [0.3, 0.4) is 0 Å². The molecule has 2 fully saturated rings. The largest absolute Gasteiger partial charge is 0.381 e. The van der Waals surface area contributed by atoms with E-state index in [-0.39, 0.29) is 24.0 Å². The van der Waals surface area contributed by atoms with Gasteiger partial charge in [-0.2, -0.15) is 0 Å². The molecule has 0 bridgehead atoms. The molecular formula is C22H45IN4O2. The number of hydrogen-bond acceptors (Lipinski definition) is 4. The van der Waals surface area contributed by atoms with Crippen molar-refractivity contribution in [3.05, 3.63) is 0 Å². The number of halogens is 1. The zero-order valence-corrected chi connectivity index (χ0v) is 21.1. The topological polar surface area (TPSA) is 58.1 Å². The monoisotopic (exact) mass is 524 g/mol. The summed E-state index contributed by atoms with van der Waals surface area (Å²) in [6, 6.07) is 0.803. The Morgan fingerprint density at radius 1 is 1.07 bits per heavy atom. The van der Waals surface area contributed by atoms with E-state index >= 15 is 0 Å². The summed E-state index contributed by atoms with van der Waals surface area (Å²) in [7, 11) is 2.29. The summed E-state index contributed by atoms with van der Waals surface area (Å²) < 4.78 is 11.2. The Morgan fingerprint density at radius 3 is 2.55 bits per heavy atom. The first-order valence-electron chi connectivity index (χ1n) is 11.7. The molecule has 1 saturated heterocycles. The molecule has 0 aromatic rings. The highest BCUT2D eigenvalue weighted by atomic mass is 127. The lowest BCUT2D eigenvalue weighted by molar-refractivity contribution is 0.0205. The summed E-state index contributed by atoms with van der Waals surface area (Å²) >= 11 is 0. The van der Waals surface area contributed by atoms with E-state index < -0.39 is 0 Å². The third-order valence-electron chi connectivity index (χ3n) is 5.93. The molecule has 0 amide bonds. The first-order valence-corrected chi connectivity index (χ1v) is 11.7. The van der Waals surface area contributed by atoms with Crippen molar-refractivity contribution in [3.63, 3.8) is 0 Å². The number of nitrogens with one attached hydrogen (secondary N) is 2. The number of aliphatic imine (C=N–C) groups is 1. The molecule has 0 unspecified atom stereocenters. The number of nitrogens with zero attached hydrogens (tertiary/aromatic N) is 2. The molecule has 1 aliphatic carbocycles. The number of ether oxygens (including phenoxy) is 2. The standard InChI is InChI=1S/C22H44N4O2.HI/c1-3-23-22(24-13-7-15-26(2)21-9-5-4-6-10-21)25-14-8-16-28-19-20-11-17-27-18-12-20;/h20-21H,3-19H2,1-2H3,(H2,23,24,25);1H. The van der Waals surface area contributed by atoms with E-state index in [1.807, 2.05) is 0 Å². The van der Waals surface area contributed by atoms with Crippen molar-refractivity contribution in [2.75, 3.05) is 59.7 Å². The van der Waals surface area contributed by atoms with E-state index in [9.17, 15) is 0 Å². The lowest BCUT2D eigenvalue weighted by Crippen LogP contribution is -2.40. The molecule has 29 heavy (non-hydrogen) atoms. The van der Waals surface area contributed by atoms with Crippen LogP contribution in [0.2, 0.25) is 0 Å². The molecule has 7 heteroatoms. The quantitative estimate of drug-likeness (QED) is 0.177. The zero-order valence-electron chi connectivity index (χ0n) is 18.8. The molecule has 172 valence electrons. The lowest BCUT2D eigenvalue weighted by atomic mass is 9.94. The Bertz CT molecular complexity index is 414. The number of rotatable bonds is 12. The van der Waals surface area contributed by atoms with Crippen LogP contribution in [-0.4, -0.2) is 76.6 Å². The van der Waals surface area contributed by atoms with Crippen molar-refractivity contribution in [2.24, 2.45) is 10.9 Å². The highest BCUT2D eigenvalue weighted by molar-refractivity contribution is 14.0. The molecular weight excluding hydrogens is 479 g/mol. The van der Waals surface area contributed by atoms with Crippen molar-refractivity contribution in [1.29, 1.82) is 0 Å². The summed E-state index contributed by atoms with van der Waals surface area (Å²) in [6.07, 6.45) is 11.4. The average Bonchev–Trinajstić information content (AvgIpc) is 2.74. The Morgan fingerprint density at radius 2 is 1.83 bits per heavy atom. The maximum Gasteiger partial charge on any atom is 0.191 e. The van der Waals surface area contributed by atoms with Crippen LogP contribution in [0.25, 0.3) is 0 Å². The van der Waals surface area contributed by atoms with E-state index in [2.05, 4.69) is 34.5 Å². The van der Waals surface area contributed by atoms with Gasteiger partial charge in [0.15, 0.2) is 5.96 Å². The summed E-state index contributed by atoms with van der Waals surface area (Å²) in [6.45, 7) is 9.43. The van der Waals surface area contributed by atoms with Crippen molar-refractivity contribution in [2.45, 2.75) is 70.8 Å². The van der Waals surface area contributed by atoms with Gasteiger partial charge in [-0.25, -0.2) is 0 Å². The van der Waals surface area contributed by atoms with Crippen molar-refractivity contribution in [3.8, 4) is 0 Å². The second kappa shape index (κ2) is 17.5. The third-order valence-corrected chi connectivity index (χ3v) is 5.93. The van der Waals surface area contributed by atoms with Crippen molar-refractivity contribution < 1.29 is 9.47 Å². The first kappa shape index (κ1) is 26.9. The summed E-state index contributed by atoms with van der Waals surface area (Å²) in [4.78, 5) is 7.24. The van der Waals surface area contributed by atoms with E-state index in [0.717, 1.165) is 90.3 Å². The molecule has 0 atom stereocenters. The summed E-state index contributed by atoms with van der Waals surface area (Å²) in [5.74, 6) is 1.62. The summed E-state index contributed by atoms with van der Waals surface area (Å²) in [5.41, 5.74) is 0. The predicted octanol–water partition coefficient (Wildman–Crippen LogP) is 3.65. The molecule has 1 aliphatic heterocycles. The smallest absolute Gasteiger partial charge is 0.191 e. The Balaban J connectivity index is 0.00000420. The van der Waals surface area contributed by atoms with Crippen LogP contribution in [0, 0.1) is 5.92 Å². The van der Waals surface area contributed by atoms with Crippen LogP contribution >= 0.6 is 24.0 Å². The van der Waals surface area contributed by atoms with Crippen LogP contribution in [0.4, 0.5) is 0 Å². The highest BCUT2D eigenvalue weighted by Crippen LogP contribution is 2.21. The first-order chi connectivity index (χ1) is 13.8. The second-order valence-corrected chi connectivity index (χ2v) is 8.30. The van der Waals surface area contributed by atoms with Crippen LogP contribution in [0.5, 0.6) is 0 Å². The highest BCUT2D eigenvalue weighted by Gasteiger charge is 2.17. The van der Waals surface area contributed by atoms with Crippen molar-refractivity contribution >= 4 is 29.9 Å². The van der Waals surface area contributed by atoms with Gasteiger partial charge in [0.25, 0.3) is 0 Å². The lowest BCUT2D eigenvalue weighted by Gasteiger charge is -2.31. The van der Waals surface area contributed by atoms with Crippen LogP contribution in [0.1, 0.15) is 64.7 Å². The maximum atomic E-state index is 5.83. The molecule has 0 aromatic heterocycles. The van der Waals surface area contributed by atoms with Crippen molar-refractivity contribution in [1.82, 2.24) is 15.5 Å². The molecule has 2 N–H and O–H groups in total. The van der Waals surface area contributed by atoms with Gasteiger partial charge in [0, 0.05) is 52.1 Å². The molecule has 2 aliphatic rings. The maximum absolute atomic E-state index is 5.83. The molecule has 2 rings (SSSR count). The van der Waals surface area contributed by atoms with E-state index in [1.165, 1.54) is 32.1 Å². The van der Waals surface area contributed by atoms with Crippen LogP contribution < -0.4 is 10.6 Å². The molecule has 6 nitrogen and oxygen atoms in total. The fourth-order valence-corrected chi connectivity index (χ4v) is 4.10. The van der Waals surface area contributed by atoms with Gasteiger partial charge >= 0.3 is 0 Å². The van der Waals surface area contributed by atoms with Gasteiger partial charge < -0.3 is 25.0 Å². The van der Waals surface area contributed by atoms with Gasteiger partial charge in [0.05, 0.1) is 0 Å². The number of hydrogen-bond donors (Lipinski definition) is 2. The van der Waals surface area contributed by atoms with E-state index in [0.29, 0.717) is 5.92 Å².